The zero-order valence-corrected chi connectivity index (χ0v) is 13.8. The zero-order chi connectivity index (χ0) is 18.4. The Morgan fingerprint density at radius 3 is 2.38 bits per heavy atom. The van der Waals surface area contributed by atoms with Crippen molar-refractivity contribution in [1.82, 2.24) is 4.98 Å². The van der Waals surface area contributed by atoms with E-state index >= 15 is 0 Å². The van der Waals surface area contributed by atoms with Crippen molar-refractivity contribution in [2.24, 2.45) is 0 Å². The van der Waals surface area contributed by atoms with E-state index in [0.717, 1.165) is 11.1 Å². The van der Waals surface area contributed by atoms with Gasteiger partial charge in [-0.25, -0.2) is 9.59 Å². The van der Waals surface area contributed by atoms with Gasteiger partial charge >= 0.3 is 12.1 Å². The van der Waals surface area contributed by atoms with Crippen LogP contribution < -0.4 is 5.32 Å². The van der Waals surface area contributed by atoms with Crippen LogP contribution in [0.5, 0.6) is 0 Å². The number of hydrogen-bond donors (Lipinski definition) is 2. The van der Waals surface area contributed by atoms with Gasteiger partial charge in [-0.05, 0) is 29.3 Å². The first-order chi connectivity index (χ1) is 12.6. The summed E-state index contributed by atoms with van der Waals surface area (Å²) < 4.78 is 5.16. The number of nitrogens with zero attached hydrogens (tertiary/aromatic N) is 1. The van der Waals surface area contributed by atoms with Crippen molar-refractivity contribution in [3.05, 3.63) is 84.2 Å². The summed E-state index contributed by atoms with van der Waals surface area (Å²) in [6.45, 7) is 0.193. The number of rotatable bonds is 5. The highest BCUT2D eigenvalue weighted by Gasteiger charge is 2.07. The Hall–Kier alpha value is -3.67. The minimum Gasteiger partial charge on any atom is -0.478 e. The van der Waals surface area contributed by atoms with E-state index in [-0.39, 0.29) is 12.2 Å². The fraction of sp³-hybridized carbons (Fsp3) is 0.0500. The number of amides is 1. The number of pyridine rings is 1. The molecule has 0 aliphatic carbocycles. The Balaban J connectivity index is 1.61. The van der Waals surface area contributed by atoms with E-state index in [0.29, 0.717) is 11.3 Å². The number of anilines is 1. The van der Waals surface area contributed by atoms with Gasteiger partial charge in [-0.1, -0.05) is 42.5 Å². The van der Waals surface area contributed by atoms with Gasteiger partial charge in [-0.3, -0.25) is 10.3 Å². The number of aromatic nitrogens is 1. The van der Waals surface area contributed by atoms with Gasteiger partial charge in [0.25, 0.3) is 0 Å². The molecule has 0 aliphatic heterocycles. The Bertz CT molecular complexity index is 909. The number of ether oxygens (including phenoxy) is 1. The first-order valence-electron chi connectivity index (χ1n) is 7.88. The molecule has 0 atom stereocenters. The molecule has 130 valence electrons. The van der Waals surface area contributed by atoms with Crippen molar-refractivity contribution >= 4 is 17.7 Å². The van der Waals surface area contributed by atoms with Crippen LogP contribution in [0.1, 0.15) is 15.9 Å². The van der Waals surface area contributed by atoms with Crippen molar-refractivity contribution in [3.8, 4) is 11.1 Å². The third-order valence-corrected chi connectivity index (χ3v) is 3.66. The standard InChI is InChI=1S/C20H16N2O4/c23-19(24)17-10-16(11-21-12-17)15-6-8-18(9-7-15)22-20(25)26-13-14-4-2-1-3-5-14/h1-12H,13H2,(H,22,25)(H,23,24). The van der Waals surface area contributed by atoms with Gasteiger partial charge in [0.05, 0.1) is 5.56 Å². The lowest BCUT2D eigenvalue weighted by Crippen LogP contribution is -2.13. The molecule has 6 nitrogen and oxygen atoms in total. The number of carbonyl (C=O) groups is 2. The minimum absolute atomic E-state index is 0.120. The summed E-state index contributed by atoms with van der Waals surface area (Å²) in [4.78, 5) is 26.8. The largest absolute Gasteiger partial charge is 0.478 e. The van der Waals surface area contributed by atoms with Crippen molar-refractivity contribution in [1.29, 1.82) is 0 Å². The monoisotopic (exact) mass is 348 g/mol. The molecule has 2 N–H and O–H groups in total. The van der Waals surface area contributed by atoms with Crippen LogP contribution in [0.4, 0.5) is 10.5 Å². The maximum absolute atomic E-state index is 11.9. The first kappa shape index (κ1) is 17.2. The average molecular weight is 348 g/mol. The van der Waals surface area contributed by atoms with Gasteiger partial charge in [0.15, 0.2) is 0 Å². The van der Waals surface area contributed by atoms with Crippen molar-refractivity contribution in [2.75, 3.05) is 5.32 Å². The minimum atomic E-state index is -1.03. The SMILES string of the molecule is O=C(Nc1ccc(-c2cncc(C(=O)O)c2)cc1)OCc1ccccc1. The number of carbonyl (C=O) groups excluding carboxylic acids is 1. The number of nitrogens with one attached hydrogen (secondary N) is 1. The van der Waals surface area contributed by atoms with Gasteiger partial charge in [0.2, 0.25) is 0 Å². The second-order valence-corrected chi connectivity index (χ2v) is 5.53. The van der Waals surface area contributed by atoms with E-state index < -0.39 is 12.1 Å². The number of hydrogen-bond acceptors (Lipinski definition) is 4. The summed E-state index contributed by atoms with van der Waals surface area (Å²) >= 11 is 0. The maximum atomic E-state index is 11.9. The van der Waals surface area contributed by atoms with E-state index in [9.17, 15) is 9.59 Å². The fourth-order valence-corrected chi connectivity index (χ4v) is 2.34. The molecule has 1 heterocycles. The maximum Gasteiger partial charge on any atom is 0.411 e. The predicted molar refractivity (Wildman–Crippen MR) is 96.9 cm³/mol. The highest BCUT2D eigenvalue weighted by molar-refractivity contribution is 5.89. The molecule has 6 heteroatoms. The molecule has 0 fully saturated rings. The molecule has 0 aliphatic rings. The van der Waals surface area contributed by atoms with Crippen molar-refractivity contribution in [3.63, 3.8) is 0 Å². The Kier molecular flexibility index (Phi) is 5.24. The van der Waals surface area contributed by atoms with Gasteiger partial charge in [-0.15, -0.1) is 0 Å². The molecule has 2 aromatic carbocycles. The molecule has 0 saturated heterocycles. The molecule has 3 rings (SSSR count). The number of benzene rings is 2. The summed E-state index contributed by atoms with van der Waals surface area (Å²) in [5.74, 6) is -1.03. The van der Waals surface area contributed by atoms with E-state index in [4.69, 9.17) is 9.84 Å². The molecular weight excluding hydrogens is 332 g/mol. The highest BCUT2D eigenvalue weighted by atomic mass is 16.5. The van der Waals surface area contributed by atoms with E-state index in [2.05, 4.69) is 10.3 Å². The molecule has 0 saturated carbocycles. The normalized spacial score (nSPS) is 10.2. The molecule has 1 amide bonds. The van der Waals surface area contributed by atoms with Crippen molar-refractivity contribution < 1.29 is 19.4 Å². The lowest BCUT2D eigenvalue weighted by atomic mass is 10.1. The quantitative estimate of drug-likeness (QED) is 0.721. The highest BCUT2D eigenvalue weighted by Crippen LogP contribution is 2.21. The fourth-order valence-electron chi connectivity index (χ4n) is 2.34. The smallest absolute Gasteiger partial charge is 0.411 e. The topological polar surface area (TPSA) is 88.5 Å². The van der Waals surface area contributed by atoms with Crippen LogP contribution in [0.3, 0.4) is 0 Å². The predicted octanol–water partition coefficient (Wildman–Crippen LogP) is 4.20. The third-order valence-electron chi connectivity index (χ3n) is 3.66. The molecule has 1 aromatic heterocycles. The van der Waals surface area contributed by atoms with Gasteiger partial charge in [-0.2, -0.15) is 0 Å². The number of carboxylic acids is 1. The van der Waals surface area contributed by atoms with E-state index in [1.165, 1.54) is 6.20 Å². The number of carboxylic acid groups (broad SMARTS) is 1. The summed E-state index contributed by atoms with van der Waals surface area (Å²) in [7, 11) is 0. The Morgan fingerprint density at radius 2 is 1.69 bits per heavy atom. The second-order valence-electron chi connectivity index (χ2n) is 5.53. The van der Waals surface area contributed by atoms with Gasteiger partial charge in [0.1, 0.15) is 6.61 Å². The Labute approximate surface area is 150 Å². The number of aromatic carboxylic acids is 1. The van der Waals surface area contributed by atoms with Gasteiger partial charge in [0, 0.05) is 23.6 Å². The lowest BCUT2D eigenvalue weighted by Gasteiger charge is -2.08. The average Bonchev–Trinajstić information content (AvgIpc) is 2.68. The summed E-state index contributed by atoms with van der Waals surface area (Å²) in [6, 6.07) is 17.9. The molecule has 0 spiro atoms. The third kappa shape index (κ3) is 4.45. The lowest BCUT2D eigenvalue weighted by molar-refractivity contribution is 0.0696. The second kappa shape index (κ2) is 7.94. The van der Waals surface area contributed by atoms with E-state index in [1.54, 1.807) is 36.5 Å². The summed E-state index contributed by atoms with van der Waals surface area (Å²) in [5.41, 5.74) is 3.08. The van der Waals surface area contributed by atoms with Crippen LogP contribution in [0.2, 0.25) is 0 Å². The molecule has 0 unspecified atom stereocenters. The van der Waals surface area contributed by atoms with Crippen LogP contribution in [-0.4, -0.2) is 22.2 Å². The van der Waals surface area contributed by atoms with Crippen LogP contribution in [0, 0.1) is 0 Å². The van der Waals surface area contributed by atoms with Crippen LogP contribution in [0.25, 0.3) is 11.1 Å². The van der Waals surface area contributed by atoms with Gasteiger partial charge < -0.3 is 9.84 Å². The first-order valence-corrected chi connectivity index (χ1v) is 7.88. The van der Waals surface area contributed by atoms with Crippen molar-refractivity contribution in [2.45, 2.75) is 6.61 Å². The van der Waals surface area contributed by atoms with Crippen LogP contribution >= 0.6 is 0 Å². The van der Waals surface area contributed by atoms with E-state index in [1.807, 2.05) is 30.3 Å². The molecule has 26 heavy (non-hydrogen) atoms. The summed E-state index contributed by atoms with van der Waals surface area (Å²) in [6.07, 6.45) is 2.34. The molecule has 3 aromatic rings. The summed E-state index contributed by atoms with van der Waals surface area (Å²) in [5, 5.41) is 11.7. The Morgan fingerprint density at radius 1 is 0.962 bits per heavy atom. The molecule has 0 bridgehead atoms. The zero-order valence-electron chi connectivity index (χ0n) is 13.8. The molecular formula is C20H16N2O4. The van der Waals surface area contributed by atoms with Crippen LogP contribution in [0.15, 0.2) is 73.1 Å². The molecule has 0 radical (unpaired) electrons. The van der Waals surface area contributed by atoms with Crippen LogP contribution in [-0.2, 0) is 11.3 Å².